The van der Waals surface area contributed by atoms with Gasteiger partial charge in [-0.05, 0) is 43.0 Å². The Balaban J connectivity index is 1.62. The molecule has 0 unspecified atom stereocenters. The molecule has 2 aliphatic heterocycles. The minimum Gasteiger partial charge on any atom is -0.350 e. The standard InChI is InChI=1S/C21H33ClN10/c1-12-4-14(22)3-2-13(12)7-27-19-28-20(31-8-15(23)5-16(24)9-31)30-21(29-19)32-10-17(25)6-18(26)11-32/h2-4,15-18H,5-11,23-26H2,1H3,(H,27,28,29,30)/t15-,16+,17-,18+. The number of aromatic nitrogens is 3. The van der Waals surface area contributed by atoms with Crippen LogP contribution in [0.5, 0.6) is 0 Å². The van der Waals surface area contributed by atoms with Gasteiger partial charge in [0.1, 0.15) is 0 Å². The van der Waals surface area contributed by atoms with E-state index in [0.29, 0.717) is 55.6 Å². The van der Waals surface area contributed by atoms with Crippen LogP contribution in [0.1, 0.15) is 24.0 Å². The van der Waals surface area contributed by atoms with E-state index in [1.165, 1.54) is 0 Å². The van der Waals surface area contributed by atoms with E-state index < -0.39 is 0 Å². The second-order valence-electron chi connectivity index (χ2n) is 9.01. The van der Waals surface area contributed by atoms with Crippen molar-refractivity contribution in [1.82, 2.24) is 15.0 Å². The van der Waals surface area contributed by atoms with E-state index >= 15 is 0 Å². The second kappa shape index (κ2) is 9.72. The van der Waals surface area contributed by atoms with Crippen LogP contribution < -0.4 is 38.1 Å². The number of hydrogen-bond acceptors (Lipinski definition) is 10. The molecule has 0 aliphatic carbocycles. The maximum absolute atomic E-state index is 6.21. The van der Waals surface area contributed by atoms with E-state index in [2.05, 4.69) is 15.3 Å². The van der Waals surface area contributed by atoms with Gasteiger partial charge < -0.3 is 38.1 Å². The van der Waals surface area contributed by atoms with Gasteiger partial charge in [-0.2, -0.15) is 15.0 Å². The van der Waals surface area contributed by atoms with Crippen molar-refractivity contribution < 1.29 is 0 Å². The van der Waals surface area contributed by atoms with E-state index in [-0.39, 0.29) is 24.2 Å². The van der Waals surface area contributed by atoms with Crippen LogP contribution >= 0.6 is 11.6 Å². The van der Waals surface area contributed by atoms with Gasteiger partial charge in [0.2, 0.25) is 17.8 Å². The summed E-state index contributed by atoms with van der Waals surface area (Å²) in [4.78, 5) is 18.2. The smallest absolute Gasteiger partial charge is 0.232 e. The molecular weight excluding hydrogens is 428 g/mol. The zero-order chi connectivity index (χ0) is 22.8. The van der Waals surface area contributed by atoms with E-state index in [0.717, 1.165) is 24.0 Å². The molecule has 0 amide bonds. The third kappa shape index (κ3) is 5.57. The number of piperidine rings is 2. The maximum atomic E-state index is 6.21. The Morgan fingerprint density at radius 2 is 1.38 bits per heavy atom. The first-order chi connectivity index (χ1) is 15.3. The Morgan fingerprint density at radius 1 is 0.875 bits per heavy atom. The van der Waals surface area contributed by atoms with E-state index in [1.54, 1.807) is 0 Å². The van der Waals surface area contributed by atoms with E-state index in [1.807, 2.05) is 34.9 Å². The minimum atomic E-state index is -0.0241. The van der Waals surface area contributed by atoms with Gasteiger partial charge in [0.25, 0.3) is 0 Å². The lowest BCUT2D eigenvalue weighted by atomic mass is 10.0. The van der Waals surface area contributed by atoms with Crippen molar-refractivity contribution in [3.8, 4) is 0 Å². The topological polar surface area (TPSA) is 161 Å². The predicted octanol–water partition coefficient (Wildman–Crippen LogP) is 0.175. The third-order valence-electron chi connectivity index (χ3n) is 5.95. The fourth-order valence-corrected chi connectivity index (χ4v) is 4.66. The van der Waals surface area contributed by atoms with Crippen molar-refractivity contribution in [2.75, 3.05) is 41.3 Å². The Hall–Kier alpha value is -2.24. The molecule has 3 heterocycles. The molecule has 2 aliphatic rings. The average molecular weight is 461 g/mol. The van der Waals surface area contributed by atoms with Crippen LogP contribution in [0.4, 0.5) is 17.8 Å². The van der Waals surface area contributed by atoms with Crippen molar-refractivity contribution in [3.63, 3.8) is 0 Å². The van der Waals surface area contributed by atoms with E-state index in [9.17, 15) is 0 Å². The highest BCUT2D eigenvalue weighted by Gasteiger charge is 2.28. The highest BCUT2D eigenvalue weighted by atomic mass is 35.5. The highest BCUT2D eigenvalue weighted by molar-refractivity contribution is 6.30. The summed E-state index contributed by atoms with van der Waals surface area (Å²) >= 11 is 6.09. The number of rotatable bonds is 5. The van der Waals surface area contributed by atoms with Crippen LogP contribution in [0, 0.1) is 6.92 Å². The number of nitrogens with zero attached hydrogens (tertiary/aromatic N) is 5. The predicted molar refractivity (Wildman–Crippen MR) is 129 cm³/mol. The van der Waals surface area contributed by atoms with Gasteiger partial charge in [-0.3, -0.25) is 0 Å². The number of aryl methyl sites for hydroxylation is 1. The van der Waals surface area contributed by atoms with Gasteiger partial charge in [-0.25, -0.2) is 0 Å². The van der Waals surface area contributed by atoms with Gasteiger partial charge in [0.15, 0.2) is 0 Å². The summed E-state index contributed by atoms with van der Waals surface area (Å²) in [5.41, 5.74) is 27.0. The summed E-state index contributed by atoms with van der Waals surface area (Å²) in [5.74, 6) is 1.60. The molecule has 0 bridgehead atoms. The SMILES string of the molecule is Cc1cc(Cl)ccc1CNc1nc(N2C[C@H](N)C[C@H](N)C2)nc(N2C[C@H](N)C[C@H](N)C2)n1. The number of nitrogens with two attached hydrogens (primary N) is 4. The number of hydrogen-bond donors (Lipinski definition) is 5. The third-order valence-corrected chi connectivity index (χ3v) is 6.18. The largest absolute Gasteiger partial charge is 0.350 e. The molecule has 32 heavy (non-hydrogen) atoms. The van der Waals surface area contributed by atoms with Gasteiger partial charge in [0, 0.05) is 61.9 Å². The van der Waals surface area contributed by atoms with Crippen molar-refractivity contribution in [2.45, 2.75) is 50.5 Å². The van der Waals surface area contributed by atoms with Crippen LogP contribution in [-0.2, 0) is 6.54 Å². The molecular formula is C21H33ClN10. The summed E-state index contributed by atoms with van der Waals surface area (Å²) in [5, 5.41) is 4.06. The fourth-order valence-electron chi connectivity index (χ4n) is 4.43. The zero-order valence-corrected chi connectivity index (χ0v) is 19.2. The van der Waals surface area contributed by atoms with Crippen LogP contribution in [0.2, 0.25) is 5.02 Å². The Kier molecular flexibility index (Phi) is 6.96. The molecule has 0 saturated carbocycles. The molecule has 4 rings (SSSR count). The van der Waals surface area contributed by atoms with Crippen LogP contribution in [-0.4, -0.2) is 65.3 Å². The van der Waals surface area contributed by atoms with Crippen LogP contribution in [0.3, 0.4) is 0 Å². The first kappa shape index (κ1) is 22.9. The first-order valence-electron chi connectivity index (χ1n) is 11.0. The summed E-state index contributed by atoms with van der Waals surface area (Å²) in [6, 6.07) is 5.72. The van der Waals surface area contributed by atoms with Gasteiger partial charge in [0.05, 0.1) is 0 Å². The molecule has 2 saturated heterocycles. The molecule has 0 radical (unpaired) electrons. The Bertz CT molecular complexity index is 877. The molecule has 10 nitrogen and oxygen atoms in total. The molecule has 0 spiro atoms. The van der Waals surface area contributed by atoms with Gasteiger partial charge in [-0.1, -0.05) is 17.7 Å². The van der Waals surface area contributed by atoms with Crippen molar-refractivity contribution in [3.05, 3.63) is 34.3 Å². The molecule has 2 aromatic rings. The monoisotopic (exact) mass is 460 g/mol. The van der Waals surface area contributed by atoms with E-state index in [4.69, 9.17) is 39.5 Å². The summed E-state index contributed by atoms with van der Waals surface area (Å²) in [7, 11) is 0. The van der Waals surface area contributed by atoms with Crippen LogP contribution in [0.15, 0.2) is 18.2 Å². The van der Waals surface area contributed by atoms with Crippen LogP contribution in [0.25, 0.3) is 0 Å². The van der Waals surface area contributed by atoms with Crippen molar-refractivity contribution in [2.24, 2.45) is 22.9 Å². The quantitative estimate of drug-likeness (QED) is 0.416. The minimum absolute atomic E-state index is 0.0241. The lowest BCUT2D eigenvalue weighted by molar-refractivity contribution is 0.441. The Labute approximate surface area is 193 Å². The molecule has 174 valence electrons. The number of benzene rings is 1. The molecule has 11 heteroatoms. The number of halogens is 1. The molecule has 2 fully saturated rings. The first-order valence-corrected chi connectivity index (χ1v) is 11.4. The van der Waals surface area contributed by atoms with Gasteiger partial charge in [-0.15, -0.1) is 0 Å². The van der Waals surface area contributed by atoms with Crippen molar-refractivity contribution >= 4 is 29.4 Å². The molecule has 1 aromatic heterocycles. The maximum Gasteiger partial charge on any atom is 0.232 e. The molecule has 9 N–H and O–H groups in total. The second-order valence-corrected chi connectivity index (χ2v) is 9.44. The summed E-state index contributed by atoms with van der Waals surface area (Å²) in [6.07, 6.45) is 1.57. The zero-order valence-electron chi connectivity index (χ0n) is 18.4. The average Bonchev–Trinajstić information content (AvgIpc) is 2.71. The number of nitrogens with one attached hydrogen (secondary N) is 1. The van der Waals surface area contributed by atoms with Gasteiger partial charge >= 0.3 is 0 Å². The molecule has 1 aromatic carbocycles. The lowest BCUT2D eigenvalue weighted by Gasteiger charge is -2.37. The summed E-state index contributed by atoms with van der Waals surface area (Å²) in [6.45, 7) is 5.17. The number of anilines is 3. The molecule has 4 atom stereocenters. The Morgan fingerprint density at radius 3 is 1.84 bits per heavy atom. The highest BCUT2D eigenvalue weighted by Crippen LogP contribution is 2.23. The lowest BCUT2D eigenvalue weighted by Crippen LogP contribution is -2.54. The fraction of sp³-hybridized carbons (Fsp3) is 0.571. The normalized spacial score (nSPS) is 26.3. The van der Waals surface area contributed by atoms with Crippen molar-refractivity contribution in [1.29, 1.82) is 0 Å². The summed E-state index contributed by atoms with van der Waals surface area (Å²) < 4.78 is 0.